The Morgan fingerprint density at radius 3 is 2.38 bits per heavy atom. The molecule has 1 rings (SSSR count). The summed E-state index contributed by atoms with van der Waals surface area (Å²) in [6.45, 7) is 3.77. The molecular weight excluding hydrogens is 186 g/mol. The summed E-state index contributed by atoms with van der Waals surface area (Å²) in [5.74, 6) is 1.64. The van der Waals surface area contributed by atoms with Gasteiger partial charge in [0.05, 0.1) is 0 Å². The SMILES string of the molecule is CC(C)C(=O)NC1CCS(=O)CC1. The fourth-order valence-corrected chi connectivity index (χ4v) is 2.60. The number of carbonyl (C=O) groups excluding carboxylic acids is 1. The van der Waals surface area contributed by atoms with E-state index in [1.165, 1.54) is 0 Å². The molecule has 0 bridgehead atoms. The molecule has 0 unspecified atom stereocenters. The molecule has 3 nitrogen and oxygen atoms in total. The van der Waals surface area contributed by atoms with E-state index in [4.69, 9.17) is 0 Å². The van der Waals surface area contributed by atoms with Crippen molar-refractivity contribution in [2.24, 2.45) is 5.92 Å². The Bertz CT molecular complexity index is 206. The molecular formula is C9H17NO2S. The first-order valence-corrected chi connectivity index (χ1v) is 6.23. The van der Waals surface area contributed by atoms with Crippen LogP contribution in [-0.2, 0) is 15.6 Å². The Hall–Kier alpha value is -0.380. The first-order valence-electron chi connectivity index (χ1n) is 4.75. The minimum Gasteiger partial charge on any atom is -0.353 e. The minimum atomic E-state index is -0.638. The van der Waals surface area contributed by atoms with Crippen LogP contribution in [0.4, 0.5) is 0 Å². The Morgan fingerprint density at radius 1 is 1.38 bits per heavy atom. The average Bonchev–Trinajstić information content (AvgIpc) is 2.08. The summed E-state index contributed by atoms with van der Waals surface area (Å²) in [6, 6.07) is 0.257. The van der Waals surface area contributed by atoms with Gasteiger partial charge in [-0.2, -0.15) is 0 Å². The Morgan fingerprint density at radius 2 is 1.92 bits per heavy atom. The Balaban J connectivity index is 2.30. The molecule has 13 heavy (non-hydrogen) atoms. The van der Waals surface area contributed by atoms with Gasteiger partial charge in [0.25, 0.3) is 0 Å². The van der Waals surface area contributed by atoms with Gasteiger partial charge in [0.1, 0.15) is 0 Å². The van der Waals surface area contributed by atoms with Crippen LogP contribution in [0.1, 0.15) is 26.7 Å². The van der Waals surface area contributed by atoms with Crippen molar-refractivity contribution in [3.8, 4) is 0 Å². The molecule has 0 aliphatic carbocycles. The molecule has 1 aliphatic rings. The smallest absolute Gasteiger partial charge is 0.222 e. The summed E-state index contributed by atoms with van der Waals surface area (Å²) in [5.41, 5.74) is 0. The van der Waals surface area contributed by atoms with Gasteiger partial charge >= 0.3 is 0 Å². The van der Waals surface area contributed by atoms with Crippen molar-refractivity contribution in [1.82, 2.24) is 5.32 Å². The molecule has 1 aliphatic heterocycles. The zero-order valence-electron chi connectivity index (χ0n) is 8.21. The molecule has 1 saturated heterocycles. The molecule has 0 saturated carbocycles. The van der Waals surface area contributed by atoms with Crippen LogP contribution >= 0.6 is 0 Å². The highest BCUT2D eigenvalue weighted by Crippen LogP contribution is 2.09. The van der Waals surface area contributed by atoms with Gasteiger partial charge in [-0.25, -0.2) is 0 Å². The average molecular weight is 203 g/mol. The van der Waals surface area contributed by atoms with Crippen LogP contribution in [-0.4, -0.2) is 27.7 Å². The summed E-state index contributed by atoms with van der Waals surface area (Å²) < 4.78 is 11.0. The highest BCUT2D eigenvalue weighted by molar-refractivity contribution is 7.85. The molecule has 1 fully saturated rings. The summed E-state index contributed by atoms with van der Waals surface area (Å²) >= 11 is 0. The first kappa shape index (κ1) is 10.7. The van der Waals surface area contributed by atoms with Crippen LogP contribution in [0.25, 0.3) is 0 Å². The van der Waals surface area contributed by atoms with Crippen molar-refractivity contribution in [3.63, 3.8) is 0 Å². The van der Waals surface area contributed by atoms with Crippen molar-refractivity contribution in [1.29, 1.82) is 0 Å². The van der Waals surface area contributed by atoms with E-state index in [1.807, 2.05) is 13.8 Å². The van der Waals surface area contributed by atoms with Gasteiger partial charge < -0.3 is 5.32 Å². The van der Waals surface area contributed by atoms with E-state index in [0.29, 0.717) is 0 Å². The van der Waals surface area contributed by atoms with Crippen LogP contribution in [0.15, 0.2) is 0 Å². The zero-order valence-corrected chi connectivity index (χ0v) is 9.02. The maximum Gasteiger partial charge on any atom is 0.222 e. The molecule has 1 heterocycles. The molecule has 4 heteroatoms. The monoisotopic (exact) mass is 203 g/mol. The van der Waals surface area contributed by atoms with Gasteiger partial charge in [0, 0.05) is 34.3 Å². The molecule has 0 spiro atoms. The van der Waals surface area contributed by atoms with Crippen LogP contribution in [0.5, 0.6) is 0 Å². The second-order valence-corrected chi connectivity index (χ2v) is 5.48. The molecule has 0 aromatic rings. The van der Waals surface area contributed by atoms with Gasteiger partial charge in [-0.15, -0.1) is 0 Å². The van der Waals surface area contributed by atoms with Gasteiger partial charge in [0.15, 0.2) is 0 Å². The first-order chi connectivity index (χ1) is 6.09. The van der Waals surface area contributed by atoms with Gasteiger partial charge in [-0.1, -0.05) is 13.8 Å². The van der Waals surface area contributed by atoms with Crippen molar-refractivity contribution < 1.29 is 9.00 Å². The summed E-state index contributed by atoms with van der Waals surface area (Å²) in [5, 5.41) is 2.97. The van der Waals surface area contributed by atoms with Crippen LogP contribution in [0.3, 0.4) is 0 Å². The van der Waals surface area contributed by atoms with Crippen molar-refractivity contribution in [2.75, 3.05) is 11.5 Å². The maximum atomic E-state index is 11.3. The Kier molecular flexibility index (Phi) is 3.90. The summed E-state index contributed by atoms with van der Waals surface area (Å²) in [4.78, 5) is 11.3. The molecule has 1 N–H and O–H groups in total. The quantitative estimate of drug-likeness (QED) is 0.717. The molecule has 0 aromatic carbocycles. The van der Waals surface area contributed by atoms with Crippen LogP contribution in [0.2, 0.25) is 0 Å². The van der Waals surface area contributed by atoms with E-state index in [9.17, 15) is 9.00 Å². The fraction of sp³-hybridized carbons (Fsp3) is 0.889. The predicted octanol–water partition coefficient (Wildman–Crippen LogP) is 0.670. The van der Waals surface area contributed by atoms with Gasteiger partial charge in [-0.3, -0.25) is 9.00 Å². The highest BCUT2D eigenvalue weighted by Gasteiger charge is 2.20. The Labute approximate surface area is 81.7 Å². The second-order valence-electron chi connectivity index (χ2n) is 3.79. The lowest BCUT2D eigenvalue weighted by molar-refractivity contribution is -0.124. The van der Waals surface area contributed by atoms with E-state index in [-0.39, 0.29) is 17.9 Å². The molecule has 0 radical (unpaired) electrons. The van der Waals surface area contributed by atoms with E-state index >= 15 is 0 Å². The van der Waals surface area contributed by atoms with Crippen molar-refractivity contribution in [3.05, 3.63) is 0 Å². The molecule has 76 valence electrons. The van der Waals surface area contributed by atoms with Gasteiger partial charge in [-0.05, 0) is 12.8 Å². The summed E-state index contributed by atoms with van der Waals surface area (Å²) in [7, 11) is -0.638. The van der Waals surface area contributed by atoms with E-state index < -0.39 is 10.8 Å². The second kappa shape index (κ2) is 4.74. The fourth-order valence-electron chi connectivity index (χ4n) is 1.31. The number of rotatable bonds is 2. The lowest BCUT2D eigenvalue weighted by Gasteiger charge is -2.23. The molecule has 0 atom stereocenters. The predicted molar refractivity (Wildman–Crippen MR) is 53.9 cm³/mol. The van der Waals surface area contributed by atoms with Crippen LogP contribution in [0, 0.1) is 5.92 Å². The van der Waals surface area contributed by atoms with E-state index in [0.717, 1.165) is 24.3 Å². The van der Waals surface area contributed by atoms with E-state index in [1.54, 1.807) is 0 Å². The molecule has 0 aromatic heterocycles. The van der Waals surface area contributed by atoms with Crippen molar-refractivity contribution >= 4 is 16.7 Å². The number of carbonyl (C=O) groups is 1. The lowest BCUT2D eigenvalue weighted by Crippen LogP contribution is -2.41. The zero-order chi connectivity index (χ0) is 9.84. The number of nitrogens with one attached hydrogen (secondary N) is 1. The standard InChI is InChI=1S/C9H17NO2S/c1-7(2)9(11)10-8-3-5-13(12)6-4-8/h7-8H,3-6H2,1-2H3,(H,10,11). The third-order valence-corrected chi connectivity index (χ3v) is 3.64. The third-order valence-electron chi connectivity index (χ3n) is 2.26. The highest BCUT2D eigenvalue weighted by atomic mass is 32.2. The largest absolute Gasteiger partial charge is 0.353 e. The normalized spacial score (nSPS) is 28.8. The van der Waals surface area contributed by atoms with E-state index in [2.05, 4.69) is 5.32 Å². The van der Waals surface area contributed by atoms with Crippen molar-refractivity contribution in [2.45, 2.75) is 32.7 Å². The number of hydrogen-bond acceptors (Lipinski definition) is 2. The summed E-state index contributed by atoms with van der Waals surface area (Å²) in [6.07, 6.45) is 1.73. The topological polar surface area (TPSA) is 46.2 Å². The van der Waals surface area contributed by atoms with Gasteiger partial charge in [0.2, 0.25) is 5.91 Å². The minimum absolute atomic E-state index is 0.0485. The number of amides is 1. The lowest BCUT2D eigenvalue weighted by atomic mass is 10.1. The number of hydrogen-bond donors (Lipinski definition) is 1. The maximum absolute atomic E-state index is 11.3. The van der Waals surface area contributed by atoms with Crippen LogP contribution < -0.4 is 5.32 Å². The molecule has 1 amide bonds. The third kappa shape index (κ3) is 3.46.